The molecule has 1 aromatic heterocycles. The highest BCUT2D eigenvalue weighted by atomic mass is 127. The molecule has 1 aromatic rings. The van der Waals surface area contributed by atoms with Gasteiger partial charge >= 0.3 is 0 Å². The van der Waals surface area contributed by atoms with Crippen LogP contribution in [0.2, 0.25) is 0 Å². The molecule has 3 nitrogen and oxygen atoms in total. The highest BCUT2D eigenvalue weighted by Gasteiger charge is 2.06. The Kier molecular flexibility index (Phi) is 4.57. The Morgan fingerprint density at radius 1 is 1.50 bits per heavy atom. The molecule has 14 heavy (non-hydrogen) atoms. The van der Waals surface area contributed by atoms with Gasteiger partial charge in [-0.25, -0.2) is 4.68 Å². The Morgan fingerprint density at radius 2 is 2.14 bits per heavy atom. The third-order valence-electron chi connectivity index (χ3n) is 2.42. The van der Waals surface area contributed by atoms with Gasteiger partial charge < -0.3 is 0 Å². The zero-order valence-corrected chi connectivity index (χ0v) is 10.7. The zero-order chi connectivity index (χ0) is 10.6. The van der Waals surface area contributed by atoms with Gasteiger partial charge in [-0.2, -0.15) is 5.10 Å². The van der Waals surface area contributed by atoms with Crippen LogP contribution < -0.4 is 5.56 Å². The lowest BCUT2D eigenvalue weighted by Gasteiger charge is -2.12. The summed E-state index contributed by atoms with van der Waals surface area (Å²) in [5.74, 6) is 0.556. The number of aromatic nitrogens is 2. The molecular formula is C10H15IN2O. The van der Waals surface area contributed by atoms with Gasteiger partial charge in [-0.1, -0.05) is 26.7 Å². The minimum absolute atomic E-state index is 0.00352. The van der Waals surface area contributed by atoms with Crippen molar-refractivity contribution in [1.82, 2.24) is 9.78 Å². The van der Waals surface area contributed by atoms with E-state index in [0.29, 0.717) is 5.92 Å². The van der Waals surface area contributed by atoms with Gasteiger partial charge in [0.05, 0.1) is 6.20 Å². The van der Waals surface area contributed by atoms with Gasteiger partial charge in [-0.3, -0.25) is 4.79 Å². The molecule has 0 saturated heterocycles. The molecule has 0 bridgehead atoms. The van der Waals surface area contributed by atoms with Crippen molar-refractivity contribution in [1.29, 1.82) is 0 Å². The van der Waals surface area contributed by atoms with E-state index in [0.717, 1.165) is 23.0 Å². The van der Waals surface area contributed by atoms with Crippen LogP contribution in [0.15, 0.2) is 17.1 Å². The third-order valence-corrected chi connectivity index (χ3v) is 3.01. The van der Waals surface area contributed by atoms with Crippen molar-refractivity contribution < 1.29 is 0 Å². The quantitative estimate of drug-likeness (QED) is 0.800. The molecule has 1 rings (SSSR count). The van der Waals surface area contributed by atoms with Crippen LogP contribution in [0.4, 0.5) is 0 Å². The first-order chi connectivity index (χ1) is 6.67. The summed E-state index contributed by atoms with van der Waals surface area (Å²) in [6, 6.07) is 1.62. The summed E-state index contributed by atoms with van der Waals surface area (Å²) in [6.45, 7) is 5.03. The van der Waals surface area contributed by atoms with Crippen molar-refractivity contribution in [3.05, 3.63) is 26.2 Å². The molecule has 0 aliphatic rings. The van der Waals surface area contributed by atoms with Gasteiger partial charge in [0.1, 0.15) is 0 Å². The smallest absolute Gasteiger partial charge is 0.267 e. The zero-order valence-electron chi connectivity index (χ0n) is 8.53. The second kappa shape index (κ2) is 5.48. The molecule has 4 heteroatoms. The van der Waals surface area contributed by atoms with Crippen molar-refractivity contribution in [3.63, 3.8) is 0 Å². The molecule has 0 N–H and O–H groups in total. The van der Waals surface area contributed by atoms with E-state index in [-0.39, 0.29) is 5.56 Å². The van der Waals surface area contributed by atoms with Crippen LogP contribution in [0.25, 0.3) is 0 Å². The van der Waals surface area contributed by atoms with Crippen molar-refractivity contribution in [2.75, 3.05) is 0 Å². The molecule has 0 aliphatic heterocycles. The number of hydrogen-bond donors (Lipinski definition) is 0. The Hall–Kier alpha value is -0.390. The number of nitrogens with zero attached hydrogens (tertiary/aromatic N) is 2. The number of rotatable bonds is 4. The van der Waals surface area contributed by atoms with Crippen molar-refractivity contribution in [2.24, 2.45) is 5.92 Å². The minimum atomic E-state index is 0.00352. The molecule has 78 valence electrons. The van der Waals surface area contributed by atoms with Crippen LogP contribution in [0, 0.1) is 9.49 Å². The second-order valence-electron chi connectivity index (χ2n) is 3.38. The minimum Gasteiger partial charge on any atom is -0.268 e. The van der Waals surface area contributed by atoms with Crippen LogP contribution >= 0.6 is 22.6 Å². The highest BCUT2D eigenvalue weighted by molar-refractivity contribution is 14.1. The summed E-state index contributed by atoms with van der Waals surface area (Å²) >= 11 is 2.10. The molecule has 0 radical (unpaired) electrons. The van der Waals surface area contributed by atoms with Gasteiger partial charge in [-0.05, 0) is 28.5 Å². The maximum Gasteiger partial charge on any atom is 0.267 e. The fraction of sp³-hybridized carbons (Fsp3) is 0.600. The first kappa shape index (κ1) is 11.7. The SMILES string of the molecule is CCC(CC)Cn1ncc(I)cc1=O. The Morgan fingerprint density at radius 3 is 2.64 bits per heavy atom. The molecule has 0 atom stereocenters. The van der Waals surface area contributed by atoms with E-state index >= 15 is 0 Å². The fourth-order valence-corrected chi connectivity index (χ4v) is 1.73. The first-order valence-corrected chi connectivity index (χ1v) is 5.97. The summed E-state index contributed by atoms with van der Waals surface area (Å²) in [5.41, 5.74) is 0.00352. The van der Waals surface area contributed by atoms with Gasteiger partial charge in [0.2, 0.25) is 0 Å². The predicted molar refractivity (Wildman–Crippen MR) is 65.3 cm³/mol. The topological polar surface area (TPSA) is 34.9 Å². The lowest BCUT2D eigenvalue weighted by molar-refractivity contribution is 0.384. The Labute approximate surface area is 97.7 Å². The first-order valence-electron chi connectivity index (χ1n) is 4.90. The van der Waals surface area contributed by atoms with E-state index in [1.807, 2.05) is 0 Å². The largest absolute Gasteiger partial charge is 0.268 e. The van der Waals surface area contributed by atoms with E-state index in [1.54, 1.807) is 16.9 Å². The molecule has 0 spiro atoms. The lowest BCUT2D eigenvalue weighted by Crippen LogP contribution is -2.25. The predicted octanol–water partition coefficient (Wildman–Crippen LogP) is 2.28. The monoisotopic (exact) mass is 306 g/mol. The summed E-state index contributed by atoms with van der Waals surface area (Å²) < 4.78 is 2.45. The molecule has 0 aliphatic carbocycles. The normalized spacial score (nSPS) is 10.9. The average molecular weight is 306 g/mol. The van der Waals surface area contributed by atoms with E-state index in [9.17, 15) is 4.79 Å². The molecule has 0 unspecified atom stereocenters. The third kappa shape index (κ3) is 3.08. The van der Waals surface area contributed by atoms with E-state index in [4.69, 9.17) is 0 Å². The van der Waals surface area contributed by atoms with Crippen LogP contribution in [-0.4, -0.2) is 9.78 Å². The number of halogens is 1. The van der Waals surface area contributed by atoms with Crippen LogP contribution in [0.1, 0.15) is 26.7 Å². The van der Waals surface area contributed by atoms with E-state index in [2.05, 4.69) is 41.5 Å². The number of hydrogen-bond acceptors (Lipinski definition) is 2. The Balaban J connectivity index is 2.81. The lowest BCUT2D eigenvalue weighted by atomic mass is 10.0. The standard InChI is InChI=1S/C10H15IN2O/c1-3-8(4-2)7-13-10(14)5-9(11)6-12-13/h5-6,8H,3-4,7H2,1-2H3. The van der Waals surface area contributed by atoms with E-state index in [1.165, 1.54) is 0 Å². The average Bonchev–Trinajstić information content (AvgIpc) is 2.17. The fourth-order valence-electron chi connectivity index (χ4n) is 1.34. The van der Waals surface area contributed by atoms with Gasteiger partial charge in [0.25, 0.3) is 5.56 Å². The summed E-state index contributed by atoms with van der Waals surface area (Å²) in [6.07, 6.45) is 3.91. The van der Waals surface area contributed by atoms with Crippen molar-refractivity contribution in [3.8, 4) is 0 Å². The van der Waals surface area contributed by atoms with Gasteiger partial charge in [-0.15, -0.1) is 0 Å². The van der Waals surface area contributed by atoms with Crippen molar-refractivity contribution >= 4 is 22.6 Å². The molecule has 0 aromatic carbocycles. The van der Waals surface area contributed by atoms with Crippen LogP contribution in [0.3, 0.4) is 0 Å². The molecular weight excluding hydrogens is 291 g/mol. The summed E-state index contributed by atoms with van der Waals surface area (Å²) in [7, 11) is 0. The van der Waals surface area contributed by atoms with Crippen LogP contribution in [0.5, 0.6) is 0 Å². The summed E-state index contributed by atoms with van der Waals surface area (Å²) in [5, 5.41) is 4.11. The highest BCUT2D eigenvalue weighted by Crippen LogP contribution is 2.08. The molecule has 0 fully saturated rings. The summed E-state index contributed by atoms with van der Waals surface area (Å²) in [4.78, 5) is 11.5. The molecule has 1 heterocycles. The second-order valence-corrected chi connectivity index (χ2v) is 4.62. The maximum atomic E-state index is 11.5. The molecule has 0 saturated carbocycles. The van der Waals surface area contributed by atoms with Crippen LogP contribution in [-0.2, 0) is 6.54 Å². The maximum absolute atomic E-state index is 11.5. The van der Waals surface area contributed by atoms with Gasteiger partial charge in [0.15, 0.2) is 0 Å². The van der Waals surface area contributed by atoms with Crippen molar-refractivity contribution in [2.45, 2.75) is 33.2 Å². The van der Waals surface area contributed by atoms with Gasteiger partial charge in [0, 0.05) is 16.2 Å². The Bertz CT molecular complexity index is 344. The molecule has 0 amide bonds. The van der Waals surface area contributed by atoms with E-state index < -0.39 is 0 Å².